The standard InChI is InChI=1S/C11H12N2OS/c1-7-4-3-5-9(11(7)15)13-10(14)6-8(2)12-13/h3-5,15H,6H2,1-2H3. The molecule has 1 aliphatic rings. The van der Waals surface area contributed by atoms with Crippen LogP contribution in [0.1, 0.15) is 18.9 Å². The molecule has 0 N–H and O–H groups in total. The van der Waals surface area contributed by atoms with Gasteiger partial charge in [-0.15, -0.1) is 12.6 Å². The smallest absolute Gasteiger partial charge is 0.253 e. The number of amides is 1. The molecule has 0 spiro atoms. The third-order valence-electron chi connectivity index (χ3n) is 2.36. The number of hydrogen-bond donors (Lipinski definition) is 1. The van der Waals surface area contributed by atoms with E-state index in [1.54, 1.807) is 0 Å². The molecule has 0 saturated carbocycles. The summed E-state index contributed by atoms with van der Waals surface area (Å²) in [4.78, 5) is 12.4. The lowest BCUT2D eigenvalue weighted by Gasteiger charge is -2.15. The summed E-state index contributed by atoms with van der Waals surface area (Å²) in [5, 5.41) is 5.63. The third kappa shape index (κ3) is 1.77. The van der Waals surface area contributed by atoms with Gasteiger partial charge in [-0.25, -0.2) is 0 Å². The largest absolute Gasteiger partial charge is 0.272 e. The summed E-state index contributed by atoms with van der Waals surface area (Å²) in [6.45, 7) is 3.81. The number of rotatable bonds is 1. The average Bonchev–Trinajstić information content (AvgIpc) is 2.50. The van der Waals surface area contributed by atoms with Gasteiger partial charge in [0.1, 0.15) is 0 Å². The van der Waals surface area contributed by atoms with Gasteiger partial charge in [-0.2, -0.15) is 10.1 Å². The Labute approximate surface area is 94.2 Å². The lowest BCUT2D eigenvalue weighted by atomic mass is 10.2. The van der Waals surface area contributed by atoms with Gasteiger partial charge in [-0.05, 0) is 25.5 Å². The van der Waals surface area contributed by atoms with Crippen LogP contribution in [0.25, 0.3) is 0 Å². The topological polar surface area (TPSA) is 32.7 Å². The maximum absolute atomic E-state index is 11.6. The van der Waals surface area contributed by atoms with E-state index in [1.807, 2.05) is 32.0 Å². The highest BCUT2D eigenvalue weighted by Crippen LogP contribution is 2.29. The van der Waals surface area contributed by atoms with Gasteiger partial charge in [0, 0.05) is 10.6 Å². The quantitative estimate of drug-likeness (QED) is 0.724. The Morgan fingerprint density at radius 1 is 1.40 bits per heavy atom. The number of benzene rings is 1. The van der Waals surface area contributed by atoms with Gasteiger partial charge in [0.05, 0.1) is 12.1 Å². The van der Waals surface area contributed by atoms with Crippen LogP contribution in [-0.4, -0.2) is 11.6 Å². The number of hydrazone groups is 1. The highest BCUT2D eigenvalue weighted by Gasteiger charge is 2.24. The van der Waals surface area contributed by atoms with E-state index in [9.17, 15) is 4.79 Å². The van der Waals surface area contributed by atoms with Crippen molar-refractivity contribution in [2.45, 2.75) is 25.2 Å². The Morgan fingerprint density at radius 2 is 2.13 bits per heavy atom. The Hall–Kier alpha value is -1.29. The zero-order valence-corrected chi connectivity index (χ0v) is 9.58. The molecule has 0 aromatic heterocycles. The SMILES string of the molecule is CC1=NN(c2cccc(C)c2S)C(=O)C1. The van der Waals surface area contributed by atoms with Crippen molar-refractivity contribution < 1.29 is 4.79 Å². The molecule has 1 aromatic rings. The average molecular weight is 220 g/mol. The second-order valence-electron chi connectivity index (χ2n) is 3.66. The molecule has 3 nitrogen and oxygen atoms in total. The first-order valence-corrected chi connectivity index (χ1v) is 5.20. The van der Waals surface area contributed by atoms with Gasteiger partial charge >= 0.3 is 0 Å². The minimum absolute atomic E-state index is 0.00778. The molecule has 15 heavy (non-hydrogen) atoms. The van der Waals surface area contributed by atoms with E-state index in [0.29, 0.717) is 6.42 Å². The van der Waals surface area contributed by atoms with Gasteiger partial charge in [0.2, 0.25) is 0 Å². The minimum atomic E-state index is 0.00778. The van der Waals surface area contributed by atoms with Crippen molar-refractivity contribution in [2.24, 2.45) is 5.10 Å². The van der Waals surface area contributed by atoms with Gasteiger partial charge in [0.25, 0.3) is 5.91 Å². The van der Waals surface area contributed by atoms with Gasteiger partial charge in [0.15, 0.2) is 0 Å². The van der Waals surface area contributed by atoms with Crippen LogP contribution >= 0.6 is 12.6 Å². The van der Waals surface area contributed by atoms with Crippen LogP contribution in [0.2, 0.25) is 0 Å². The number of carbonyl (C=O) groups is 1. The van der Waals surface area contributed by atoms with Crippen molar-refractivity contribution in [3.05, 3.63) is 23.8 Å². The molecule has 0 bridgehead atoms. The number of hydrogen-bond acceptors (Lipinski definition) is 3. The number of anilines is 1. The van der Waals surface area contributed by atoms with Gasteiger partial charge < -0.3 is 0 Å². The highest BCUT2D eigenvalue weighted by atomic mass is 32.1. The molecular formula is C11H12N2OS. The van der Waals surface area contributed by atoms with Crippen LogP contribution in [0, 0.1) is 6.92 Å². The van der Waals surface area contributed by atoms with Crippen molar-refractivity contribution in [3.63, 3.8) is 0 Å². The maximum atomic E-state index is 11.6. The number of carbonyl (C=O) groups excluding carboxylic acids is 1. The molecule has 0 aliphatic carbocycles. The fourth-order valence-corrected chi connectivity index (χ4v) is 1.80. The van der Waals surface area contributed by atoms with E-state index < -0.39 is 0 Å². The lowest BCUT2D eigenvalue weighted by molar-refractivity contribution is -0.116. The summed E-state index contributed by atoms with van der Waals surface area (Å²) in [5.41, 5.74) is 2.65. The van der Waals surface area contributed by atoms with Gasteiger partial charge in [-0.3, -0.25) is 4.79 Å². The predicted molar refractivity (Wildman–Crippen MR) is 63.6 cm³/mol. The van der Waals surface area contributed by atoms with Crippen molar-refractivity contribution in [2.75, 3.05) is 5.01 Å². The molecule has 0 fully saturated rings. The van der Waals surface area contributed by atoms with Crippen molar-refractivity contribution in [1.29, 1.82) is 0 Å². The normalized spacial score (nSPS) is 15.8. The minimum Gasteiger partial charge on any atom is -0.272 e. The molecule has 1 aliphatic heterocycles. The Morgan fingerprint density at radius 3 is 2.73 bits per heavy atom. The molecule has 1 aromatic carbocycles. The molecule has 0 atom stereocenters. The molecule has 78 valence electrons. The van der Waals surface area contributed by atoms with E-state index in [-0.39, 0.29) is 5.91 Å². The van der Waals surface area contributed by atoms with Crippen LogP contribution in [0.3, 0.4) is 0 Å². The fraction of sp³-hybridized carbons (Fsp3) is 0.273. The summed E-state index contributed by atoms with van der Waals surface area (Å²) in [6, 6.07) is 5.72. The summed E-state index contributed by atoms with van der Waals surface area (Å²) >= 11 is 4.39. The first-order valence-electron chi connectivity index (χ1n) is 4.75. The van der Waals surface area contributed by atoms with Crippen molar-refractivity contribution in [1.82, 2.24) is 0 Å². The van der Waals surface area contributed by atoms with Gasteiger partial charge in [-0.1, -0.05) is 12.1 Å². The van der Waals surface area contributed by atoms with Crippen LogP contribution < -0.4 is 5.01 Å². The number of thiol groups is 1. The monoisotopic (exact) mass is 220 g/mol. The zero-order chi connectivity index (χ0) is 11.0. The molecule has 1 amide bonds. The molecule has 1 heterocycles. The molecular weight excluding hydrogens is 208 g/mol. The summed E-state index contributed by atoms with van der Waals surface area (Å²) < 4.78 is 0. The Kier molecular flexibility index (Phi) is 2.52. The maximum Gasteiger partial charge on any atom is 0.253 e. The van der Waals surface area contributed by atoms with E-state index in [0.717, 1.165) is 21.9 Å². The molecule has 4 heteroatoms. The van der Waals surface area contributed by atoms with Crippen LogP contribution in [0.5, 0.6) is 0 Å². The highest BCUT2D eigenvalue weighted by molar-refractivity contribution is 7.80. The van der Waals surface area contributed by atoms with E-state index in [2.05, 4.69) is 17.7 Å². The van der Waals surface area contributed by atoms with E-state index in [4.69, 9.17) is 0 Å². The molecule has 0 radical (unpaired) electrons. The van der Waals surface area contributed by atoms with Crippen LogP contribution in [-0.2, 0) is 4.79 Å². The van der Waals surface area contributed by atoms with E-state index in [1.165, 1.54) is 5.01 Å². The first-order chi connectivity index (χ1) is 7.09. The van der Waals surface area contributed by atoms with E-state index >= 15 is 0 Å². The number of aryl methyl sites for hydroxylation is 1. The van der Waals surface area contributed by atoms with Crippen LogP contribution in [0.15, 0.2) is 28.2 Å². The Balaban J connectivity index is 2.46. The Bertz CT molecular complexity index is 454. The summed E-state index contributed by atoms with van der Waals surface area (Å²) in [6.07, 6.45) is 0.404. The first kappa shape index (κ1) is 10.2. The fourth-order valence-electron chi connectivity index (χ4n) is 1.56. The molecule has 0 unspecified atom stereocenters. The van der Waals surface area contributed by atoms with Crippen molar-refractivity contribution in [3.8, 4) is 0 Å². The lowest BCUT2D eigenvalue weighted by Crippen LogP contribution is -2.20. The summed E-state index contributed by atoms with van der Waals surface area (Å²) in [5.74, 6) is 0.00778. The second kappa shape index (κ2) is 3.70. The second-order valence-corrected chi connectivity index (χ2v) is 4.11. The molecule has 0 saturated heterocycles. The predicted octanol–water partition coefficient (Wildman–Crippen LogP) is 2.40. The number of nitrogens with zero attached hydrogens (tertiary/aromatic N) is 2. The third-order valence-corrected chi connectivity index (χ3v) is 2.94. The summed E-state index contributed by atoms with van der Waals surface area (Å²) in [7, 11) is 0. The zero-order valence-electron chi connectivity index (χ0n) is 8.69. The van der Waals surface area contributed by atoms with Crippen LogP contribution in [0.4, 0.5) is 5.69 Å². The molecule has 2 rings (SSSR count). The van der Waals surface area contributed by atoms with Crippen molar-refractivity contribution >= 4 is 29.9 Å².